The first-order chi connectivity index (χ1) is 5.96. The van der Waals surface area contributed by atoms with Gasteiger partial charge in [-0.1, -0.05) is 20.8 Å². The van der Waals surface area contributed by atoms with Gasteiger partial charge in [0.1, 0.15) is 0 Å². The van der Waals surface area contributed by atoms with E-state index in [4.69, 9.17) is 5.73 Å². The fraction of sp³-hybridized carbons (Fsp3) is 0.700. The van der Waals surface area contributed by atoms with Crippen LogP contribution in [0.15, 0.2) is 6.33 Å². The summed E-state index contributed by atoms with van der Waals surface area (Å²) >= 11 is 0. The molecule has 3 heteroatoms. The van der Waals surface area contributed by atoms with Crippen LogP contribution >= 0.6 is 0 Å². The molecule has 0 unspecified atom stereocenters. The molecular weight excluding hydrogens is 162 g/mol. The van der Waals surface area contributed by atoms with E-state index < -0.39 is 0 Å². The molecule has 0 saturated heterocycles. The van der Waals surface area contributed by atoms with Crippen molar-refractivity contribution >= 4 is 0 Å². The van der Waals surface area contributed by atoms with Gasteiger partial charge in [0.15, 0.2) is 0 Å². The molecule has 13 heavy (non-hydrogen) atoms. The Kier molecular flexibility index (Phi) is 2.76. The van der Waals surface area contributed by atoms with Gasteiger partial charge in [-0.05, 0) is 6.54 Å². The van der Waals surface area contributed by atoms with Gasteiger partial charge in [-0.25, -0.2) is 4.98 Å². The third kappa shape index (κ3) is 2.10. The number of aromatic nitrogens is 2. The normalized spacial score (nSPS) is 12.1. The highest BCUT2D eigenvalue weighted by atomic mass is 15.0. The van der Waals surface area contributed by atoms with Crippen LogP contribution in [0.3, 0.4) is 0 Å². The third-order valence-corrected chi connectivity index (χ3v) is 2.15. The minimum absolute atomic E-state index is 0.117. The first kappa shape index (κ1) is 10.3. The molecule has 0 saturated carbocycles. The van der Waals surface area contributed by atoms with Crippen molar-refractivity contribution in [2.45, 2.75) is 32.6 Å². The Morgan fingerprint density at radius 2 is 2.08 bits per heavy atom. The van der Waals surface area contributed by atoms with Gasteiger partial charge in [-0.2, -0.15) is 0 Å². The molecule has 1 aromatic rings. The van der Waals surface area contributed by atoms with Gasteiger partial charge in [-0.15, -0.1) is 0 Å². The number of hydrogen-bond acceptors (Lipinski definition) is 2. The fourth-order valence-corrected chi connectivity index (χ4v) is 1.51. The summed E-state index contributed by atoms with van der Waals surface area (Å²) in [6, 6.07) is 0. The number of hydrogen-bond donors (Lipinski definition) is 1. The average molecular weight is 181 g/mol. The van der Waals surface area contributed by atoms with E-state index >= 15 is 0 Å². The number of nitrogens with two attached hydrogens (primary N) is 1. The summed E-state index contributed by atoms with van der Waals surface area (Å²) in [6.45, 7) is 7.21. The number of imidazole rings is 1. The van der Waals surface area contributed by atoms with Gasteiger partial charge < -0.3 is 10.3 Å². The van der Waals surface area contributed by atoms with Gasteiger partial charge in [0, 0.05) is 24.6 Å². The Morgan fingerprint density at radius 1 is 1.46 bits per heavy atom. The van der Waals surface area contributed by atoms with Crippen LogP contribution in [0.5, 0.6) is 0 Å². The van der Waals surface area contributed by atoms with Crippen LogP contribution in [-0.4, -0.2) is 16.1 Å². The molecule has 1 rings (SSSR count). The van der Waals surface area contributed by atoms with Gasteiger partial charge >= 0.3 is 0 Å². The van der Waals surface area contributed by atoms with Crippen LogP contribution in [0.4, 0.5) is 0 Å². The lowest BCUT2D eigenvalue weighted by molar-refractivity contribution is 0.561. The lowest BCUT2D eigenvalue weighted by Gasteiger charge is -2.18. The molecule has 0 bridgehead atoms. The Balaban J connectivity index is 3.07. The van der Waals surface area contributed by atoms with Crippen LogP contribution in [0, 0.1) is 0 Å². The predicted molar refractivity (Wildman–Crippen MR) is 54.7 cm³/mol. The minimum Gasteiger partial charge on any atom is -0.337 e. The monoisotopic (exact) mass is 181 g/mol. The molecule has 3 nitrogen and oxygen atoms in total. The van der Waals surface area contributed by atoms with E-state index in [0.717, 1.165) is 6.42 Å². The van der Waals surface area contributed by atoms with E-state index in [1.54, 1.807) is 0 Å². The SMILES string of the molecule is Cn1cnc(C(C)(C)C)c1CCN. The quantitative estimate of drug-likeness (QED) is 0.745. The maximum absolute atomic E-state index is 5.56. The van der Waals surface area contributed by atoms with Gasteiger partial charge in [-0.3, -0.25) is 0 Å². The molecule has 74 valence electrons. The zero-order valence-electron chi connectivity index (χ0n) is 8.96. The lowest BCUT2D eigenvalue weighted by atomic mass is 9.90. The molecule has 2 N–H and O–H groups in total. The Bertz CT molecular complexity index is 281. The highest BCUT2D eigenvalue weighted by molar-refractivity contribution is 5.21. The molecule has 0 aliphatic carbocycles. The first-order valence-corrected chi connectivity index (χ1v) is 4.67. The number of rotatable bonds is 2. The highest BCUT2D eigenvalue weighted by Gasteiger charge is 2.21. The van der Waals surface area contributed by atoms with Crippen LogP contribution in [0.1, 0.15) is 32.2 Å². The molecule has 0 atom stereocenters. The topological polar surface area (TPSA) is 43.8 Å². The second-order valence-corrected chi connectivity index (χ2v) is 4.44. The van der Waals surface area contributed by atoms with Crippen LogP contribution in [0.25, 0.3) is 0 Å². The van der Waals surface area contributed by atoms with E-state index in [0.29, 0.717) is 6.54 Å². The summed E-state index contributed by atoms with van der Waals surface area (Å²) in [5.74, 6) is 0. The van der Waals surface area contributed by atoms with Crippen molar-refractivity contribution in [3.63, 3.8) is 0 Å². The molecule has 1 aromatic heterocycles. The summed E-state index contributed by atoms with van der Waals surface area (Å²) in [6.07, 6.45) is 2.77. The lowest BCUT2D eigenvalue weighted by Crippen LogP contribution is -2.17. The first-order valence-electron chi connectivity index (χ1n) is 4.67. The third-order valence-electron chi connectivity index (χ3n) is 2.15. The molecular formula is C10H19N3. The molecule has 1 heterocycles. The largest absolute Gasteiger partial charge is 0.337 e. The van der Waals surface area contributed by atoms with Crippen molar-refractivity contribution in [1.29, 1.82) is 0 Å². The number of nitrogens with zero attached hydrogens (tertiary/aromatic N) is 2. The smallest absolute Gasteiger partial charge is 0.0949 e. The van der Waals surface area contributed by atoms with Crippen LogP contribution in [0.2, 0.25) is 0 Å². The highest BCUT2D eigenvalue weighted by Crippen LogP contribution is 2.23. The van der Waals surface area contributed by atoms with E-state index in [9.17, 15) is 0 Å². The van der Waals surface area contributed by atoms with Gasteiger partial charge in [0.05, 0.1) is 12.0 Å². The zero-order chi connectivity index (χ0) is 10.1. The maximum Gasteiger partial charge on any atom is 0.0949 e. The summed E-state index contributed by atoms with van der Waals surface area (Å²) < 4.78 is 2.06. The Labute approximate surface area is 80.0 Å². The molecule has 0 aliphatic heterocycles. The Morgan fingerprint density at radius 3 is 2.54 bits per heavy atom. The van der Waals surface area contributed by atoms with Crippen LogP contribution < -0.4 is 5.73 Å². The second-order valence-electron chi connectivity index (χ2n) is 4.44. The predicted octanol–water partition coefficient (Wildman–Crippen LogP) is 1.22. The van der Waals surface area contributed by atoms with Crippen LogP contribution in [-0.2, 0) is 18.9 Å². The van der Waals surface area contributed by atoms with Gasteiger partial charge in [0.2, 0.25) is 0 Å². The molecule has 0 radical (unpaired) electrons. The average Bonchev–Trinajstić information content (AvgIpc) is 2.32. The zero-order valence-corrected chi connectivity index (χ0v) is 8.96. The second kappa shape index (κ2) is 3.50. The minimum atomic E-state index is 0.117. The molecule has 0 aromatic carbocycles. The molecule has 0 aliphatic rings. The summed E-state index contributed by atoms with van der Waals surface area (Å²) in [5, 5.41) is 0. The number of aryl methyl sites for hydroxylation is 1. The standard InChI is InChI=1S/C10H19N3/c1-10(2,3)9-8(5-6-11)13(4)7-12-9/h7H,5-6,11H2,1-4H3. The molecule has 0 amide bonds. The van der Waals surface area contributed by atoms with Crippen molar-refractivity contribution in [2.24, 2.45) is 12.8 Å². The van der Waals surface area contributed by atoms with Crippen molar-refractivity contribution in [2.75, 3.05) is 6.54 Å². The van der Waals surface area contributed by atoms with Gasteiger partial charge in [0.25, 0.3) is 0 Å². The van der Waals surface area contributed by atoms with E-state index in [1.165, 1.54) is 11.4 Å². The fourth-order valence-electron chi connectivity index (χ4n) is 1.51. The maximum atomic E-state index is 5.56. The summed E-state index contributed by atoms with van der Waals surface area (Å²) in [4.78, 5) is 4.41. The van der Waals surface area contributed by atoms with Crippen molar-refractivity contribution in [3.05, 3.63) is 17.7 Å². The summed E-state index contributed by atoms with van der Waals surface area (Å²) in [7, 11) is 2.02. The summed E-state index contributed by atoms with van der Waals surface area (Å²) in [5.41, 5.74) is 8.10. The van der Waals surface area contributed by atoms with E-state index in [2.05, 4.69) is 30.3 Å². The van der Waals surface area contributed by atoms with Crippen molar-refractivity contribution in [3.8, 4) is 0 Å². The molecule has 0 fully saturated rings. The van der Waals surface area contributed by atoms with Crippen molar-refractivity contribution < 1.29 is 0 Å². The molecule has 0 spiro atoms. The van der Waals surface area contributed by atoms with Crippen molar-refractivity contribution in [1.82, 2.24) is 9.55 Å². The van der Waals surface area contributed by atoms with E-state index in [1.807, 2.05) is 13.4 Å². The van der Waals surface area contributed by atoms with E-state index in [-0.39, 0.29) is 5.41 Å². The Hall–Kier alpha value is -0.830.